The standard InChI is InChI=1S/C24H31N3O4S/c1-20-7-8-22(19-23(20)32(29,30)27-15-17-31-18-16-27)24(28)26-13-11-25(12-14-26)10-9-21-5-3-2-4-6-21/h2-8,19H,9-18H2,1H3. The van der Waals surface area contributed by atoms with Crippen molar-refractivity contribution in [2.45, 2.75) is 18.2 Å². The van der Waals surface area contributed by atoms with E-state index in [9.17, 15) is 13.2 Å². The van der Waals surface area contributed by atoms with Crippen LogP contribution in [0.4, 0.5) is 0 Å². The van der Waals surface area contributed by atoms with Crippen LogP contribution in [0.5, 0.6) is 0 Å². The number of hydrogen-bond acceptors (Lipinski definition) is 5. The molecule has 2 aliphatic rings. The van der Waals surface area contributed by atoms with Crippen LogP contribution in [-0.2, 0) is 21.2 Å². The molecule has 2 fully saturated rings. The molecule has 0 aliphatic carbocycles. The molecule has 2 heterocycles. The van der Waals surface area contributed by atoms with Gasteiger partial charge in [-0.3, -0.25) is 9.69 Å². The van der Waals surface area contributed by atoms with Gasteiger partial charge in [-0.1, -0.05) is 36.4 Å². The summed E-state index contributed by atoms with van der Waals surface area (Å²) < 4.78 is 33.0. The summed E-state index contributed by atoms with van der Waals surface area (Å²) in [6, 6.07) is 15.4. The van der Waals surface area contributed by atoms with Crippen molar-refractivity contribution in [2.24, 2.45) is 0 Å². The summed E-state index contributed by atoms with van der Waals surface area (Å²) in [5.41, 5.74) is 2.40. The third-order valence-electron chi connectivity index (χ3n) is 6.24. The Morgan fingerprint density at radius 1 is 0.938 bits per heavy atom. The van der Waals surface area contributed by atoms with Crippen LogP contribution in [0.15, 0.2) is 53.4 Å². The van der Waals surface area contributed by atoms with Crippen LogP contribution in [0, 0.1) is 6.92 Å². The molecular weight excluding hydrogens is 426 g/mol. The SMILES string of the molecule is Cc1ccc(C(=O)N2CCN(CCc3ccccc3)CC2)cc1S(=O)(=O)N1CCOCC1. The maximum Gasteiger partial charge on any atom is 0.253 e. The average molecular weight is 458 g/mol. The van der Waals surface area contributed by atoms with E-state index < -0.39 is 10.0 Å². The van der Waals surface area contributed by atoms with E-state index in [1.165, 1.54) is 9.87 Å². The molecule has 2 aromatic rings. The molecule has 2 saturated heterocycles. The molecule has 0 unspecified atom stereocenters. The number of piperazine rings is 1. The summed E-state index contributed by atoms with van der Waals surface area (Å²) in [6.45, 7) is 7.14. The Balaban J connectivity index is 1.39. The fourth-order valence-electron chi connectivity index (χ4n) is 4.23. The van der Waals surface area contributed by atoms with E-state index in [4.69, 9.17) is 4.74 Å². The minimum absolute atomic E-state index is 0.105. The van der Waals surface area contributed by atoms with Gasteiger partial charge < -0.3 is 9.64 Å². The fraction of sp³-hybridized carbons (Fsp3) is 0.458. The van der Waals surface area contributed by atoms with Crippen LogP contribution in [0.25, 0.3) is 0 Å². The number of nitrogens with zero attached hydrogens (tertiary/aromatic N) is 3. The second-order valence-electron chi connectivity index (χ2n) is 8.37. The molecule has 4 rings (SSSR count). The van der Waals surface area contributed by atoms with E-state index in [1.54, 1.807) is 25.1 Å². The lowest BCUT2D eigenvalue weighted by Gasteiger charge is -2.35. The van der Waals surface area contributed by atoms with Gasteiger partial charge in [0.2, 0.25) is 10.0 Å². The predicted octanol–water partition coefficient (Wildman–Crippen LogP) is 2.02. The molecule has 1 amide bonds. The second-order valence-corrected chi connectivity index (χ2v) is 10.3. The molecule has 32 heavy (non-hydrogen) atoms. The first-order valence-corrected chi connectivity index (χ1v) is 12.6. The Bertz CT molecular complexity index is 1030. The van der Waals surface area contributed by atoms with E-state index in [0.717, 1.165) is 26.1 Å². The van der Waals surface area contributed by atoms with Gasteiger partial charge in [-0.25, -0.2) is 8.42 Å². The minimum Gasteiger partial charge on any atom is -0.379 e. The largest absolute Gasteiger partial charge is 0.379 e. The van der Waals surface area contributed by atoms with Crippen LogP contribution in [0.3, 0.4) is 0 Å². The van der Waals surface area contributed by atoms with Crippen LogP contribution in [0.2, 0.25) is 0 Å². The van der Waals surface area contributed by atoms with E-state index in [-0.39, 0.29) is 10.8 Å². The molecule has 0 atom stereocenters. The van der Waals surface area contributed by atoms with Crippen LogP contribution in [0.1, 0.15) is 21.5 Å². The van der Waals surface area contributed by atoms with Gasteiger partial charge in [0.05, 0.1) is 18.1 Å². The Morgan fingerprint density at radius 2 is 1.62 bits per heavy atom. The molecule has 0 bridgehead atoms. The highest BCUT2D eigenvalue weighted by Crippen LogP contribution is 2.23. The number of carbonyl (C=O) groups is 1. The quantitative estimate of drug-likeness (QED) is 0.664. The summed E-state index contributed by atoms with van der Waals surface area (Å²) >= 11 is 0. The molecule has 172 valence electrons. The van der Waals surface area contributed by atoms with Crippen molar-refractivity contribution in [3.63, 3.8) is 0 Å². The van der Waals surface area contributed by atoms with Crippen LogP contribution in [-0.4, -0.2) is 87.5 Å². The third-order valence-corrected chi connectivity index (χ3v) is 8.28. The van der Waals surface area contributed by atoms with Gasteiger partial charge in [-0.15, -0.1) is 0 Å². The molecule has 2 aromatic carbocycles. The van der Waals surface area contributed by atoms with Gasteiger partial charge in [0.1, 0.15) is 0 Å². The summed E-state index contributed by atoms with van der Waals surface area (Å²) in [6.07, 6.45) is 0.996. The highest BCUT2D eigenvalue weighted by molar-refractivity contribution is 7.89. The monoisotopic (exact) mass is 457 g/mol. The van der Waals surface area contributed by atoms with Crippen molar-refractivity contribution in [3.05, 3.63) is 65.2 Å². The van der Waals surface area contributed by atoms with Crippen molar-refractivity contribution < 1.29 is 17.9 Å². The second kappa shape index (κ2) is 10.1. The van der Waals surface area contributed by atoms with Crippen LogP contribution < -0.4 is 0 Å². The zero-order valence-corrected chi connectivity index (χ0v) is 19.4. The minimum atomic E-state index is -3.65. The topological polar surface area (TPSA) is 70.2 Å². The molecule has 0 saturated carbocycles. The molecule has 2 aliphatic heterocycles. The van der Waals surface area contributed by atoms with Gasteiger partial charge in [0, 0.05) is 51.4 Å². The lowest BCUT2D eigenvalue weighted by molar-refractivity contribution is 0.0638. The van der Waals surface area contributed by atoms with Crippen molar-refractivity contribution in [2.75, 3.05) is 59.0 Å². The van der Waals surface area contributed by atoms with Crippen molar-refractivity contribution in [1.82, 2.24) is 14.1 Å². The van der Waals surface area contributed by atoms with Gasteiger partial charge in [0.15, 0.2) is 0 Å². The lowest BCUT2D eigenvalue weighted by Crippen LogP contribution is -2.49. The number of benzene rings is 2. The average Bonchev–Trinajstić information content (AvgIpc) is 2.84. The van der Waals surface area contributed by atoms with Gasteiger partial charge in [-0.2, -0.15) is 4.31 Å². The fourth-order valence-corrected chi connectivity index (χ4v) is 5.88. The number of hydrogen-bond donors (Lipinski definition) is 0. The Labute approximate surface area is 190 Å². The number of aryl methyl sites for hydroxylation is 1. The summed E-state index contributed by atoms with van der Waals surface area (Å²) in [7, 11) is -3.65. The molecule has 7 nitrogen and oxygen atoms in total. The first-order valence-electron chi connectivity index (χ1n) is 11.2. The Morgan fingerprint density at radius 3 is 2.31 bits per heavy atom. The zero-order chi connectivity index (χ0) is 22.6. The highest BCUT2D eigenvalue weighted by atomic mass is 32.2. The Kier molecular flexibility index (Phi) is 7.25. The summed E-state index contributed by atoms with van der Waals surface area (Å²) in [5, 5.41) is 0. The Hall–Kier alpha value is -2.26. The maximum absolute atomic E-state index is 13.1. The molecular formula is C24H31N3O4S. The van der Waals surface area contributed by atoms with Crippen molar-refractivity contribution in [1.29, 1.82) is 0 Å². The first kappa shape index (κ1) is 22.9. The normalized spacial score (nSPS) is 18.6. The third kappa shape index (κ3) is 5.20. The van der Waals surface area contributed by atoms with E-state index in [2.05, 4.69) is 29.2 Å². The van der Waals surface area contributed by atoms with E-state index in [0.29, 0.717) is 50.5 Å². The van der Waals surface area contributed by atoms with Gasteiger partial charge in [0.25, 0.3) is 5.91 Å². The van der Waals surface area contributed by atoms with Crippen molar-refractivity contribution in [3.8, 4) is 0 Å². The smallest absolute Gasteiger partial charge is 0.253 e. The highest BCUT2D eigenvalue weighted by Gasteiger charge is 2.29. The van der Waals surface area contributed by atoms with E-state index in [1.807, 2.05) is 11.0 Å². The van der Waals surface area contributed by atoms with E-state index >= 15 is 0 Å². The number of rotatable bonds is 6. The summed E-state index contributed by atoms with van der Waals surface area (Å²) in [5.74, 6) is -0.105. The summed E-state index contributed by atoms with van der Waals surface area (Å²) in [4.78, 5) is 17.5. The number of carbonyl (C=O) groups excluding carboxylic acids is 1. The predicted molar refractivity (Wildman–Crippen MR) is 123 cm³/mol. The number of amides is 1. The molecule has 8 heteroatoms. The lowest BCUT2D eigenvalue weighted by atomic mass is 10.1. The molecule has 0 N–H and O–H groups in total. The van der Waals surface area contributed by atoms with Crippen LogP contribution >= 0.6 is 0 Å². The molecule has 0 spiro atoms. The zero-order valence-electron chi connectivity index (χ0n) is 18.6. The molecule has 0 radical (unpaired) electrons. The number of morpholine rings is 1. The van der Waals surface area contributed by atoms with Gasteiger partial charge in [-0.05, 0) is 36.6 Å². The first-order chi connectivity index (χ1) is 15.4. The molecule has 0 aromatic heterocycles. The van der Waals surface area contributed by atoms with Crippen molar-refractivity contribution >= 4 is 15.9 Å². The number of sulfonamides is 1. The maximum atomic E-state index is 13.1. The number of ether oxygens (including phenoxy) is 1. The van der Waals surface area contributed by atoms with Gasteiger partial charge >= 0.3 is 0 Å².